The van der Waals surface area contributed by atoms with Crippen LogP contribution in [0.1, 0.15) is 16.7 Å². The van der Waals surface area contributed by atoms with Crippen LogP contribution in [0.3, 0.4) is 0 Å². The molecule has 182 valence electrons. The molecule has 3 aromatic rings. The highest BCUT2D eigenvalue weighted by Crippen LogP contribution is 2.26. The summed E-state index contributed by atoms with van der Waals surface area (Å²) in [5, 5.41) is 9.26. The maximum Gasteiger partial charge on any atom is 0.323 e. The summed E-state index contributed by atoms with van der Waals surface area (Å²) in [7, 11) is 0. The Labute approximate surface area is 211 Å². The monoisotopic (exact) mass is 491 g/mol. The number of para-hydroxylation sites is 1. The molecule has 35 heavy (non-hydrogen) atoms. The molecule has 1 fully saturated rings. The summed E-state index contributed by atoms with van der Waals surface area (Å²) in [5.74, 6) is 0. The first-order valence-corrected chi connectivity index (χ1v) is 12.0. The fraction of sp³-hybridized carbons (Fsp3) is 0.259. The highest BCUT2D eigenvalue weighted by Gasteiger charge is 2.22. The molecular weight excluding hydrogens is 462 g/mol. The van der Waals surface area contributed by atoms with E-state index in [9.17, 15) is 9.59 Å². The van der Waals surface area contributed by atoms with Gasteiger partial charge in [-0.3, -0.25) is 0 Å². The smallest absolute Gasteiger partial charge is 0.323 e. The number of anilines is 4. The number of halogens is 1. The molecule has 7 nitrogen and oxygen atoms in total. The maximum absolute atomic E-state index is 12.7. The number of amides is 4. The minimum absolute atomic E-state index is 0.143. The topological polar surface area (TPSA) is 76.7 Å². The molecule has 1 aliphatic heterocycles. The van der Waals surface area contributed by atoms with Crippen LogP contribution in [0.15, 0.2) is 60.7 Å². The second kappa shape index (κ2) is 10.7. The molecule has 0 atom stereocenters. The molecule has 0 saturated carbocycles. The Balaban J connectivity index is 1.29. The molecule has 3 aromatic carbocycles. The number of hydrogen-bond donors (Lipinski definition) is 3. The molecule has 0 radical (unpaired) electrons. The van der Waals surface area contributed by atoms with Crippen molar-refractivity contribution < 1.29 is 9.59 Å². The van der Waals surface area contributed by atoms with E-state index in [4.69, 9.17) is 11.6 Å². The summed E-state index contributed by atoms with van der Waals surface area (Å²) in [5.41, 5.74) is 6.25. The molecule has 0 aliphatic carbocycles. The van der Waals surface area contributed by atoms with Gasteiger partial charge in [-0.25, -0.2) is 9.59 Å². The van der Waals surface area contributed by atoms with Crippen LogP contribution in [0.4, 0.5) is 32.3 Å². The first-order chi connectivity index (χ1) is 16.8. The van der Waals surface area contributed by atoms with Gasteiger partial charge in [-0.2, -0.15) is 0 Å². The lowest BCUT2D eigenvalue weighted by molar-refractivity contribution is 0.208. The first-order valence-electron chi connectivity index (χ1n) is 11.6. The molecule has 4 amide bonds. The number of nitrogens with one attached hydrogen (secondary N) is 3. The van der Waals surface area contributed by atoms with E-state index in [-0.39, 0.29) is 12.1 Å². The lowest BCUT2D eigenvalue weighted by Gasteiger charge is -2.36. The minimum atomic E-state index is -0.278. The van der Waals surface area contributed by atoms with E-state index < -0.39 is 0 Å². The SMILES string of the molecule is Cc1ccc(C)c(NC(=O)Nc2ccc(N3CCN(C(=O)Nc4c(C)cccc4Cl)CC3)cc2)c1. The maximum atomic E-state index is 12.7. The zero-order chi connectivity index (χ0) is 24.9. The van der Waals surface area contributed by atoms with E-state index in [0.29, 0.717) is 29.5 Å². The lowest BCUT2D eigenvalue weighted by atomic mass is 10.1. The number of piperazine rings is 1. The van der Waals surface area contributed by atoms with Crippen molar-refractivity contribution in [3.8, 4) is 0 Å². The second-order valence-corrected chi connectivity index (χ2v) is 9.19. The van der Waals surface area contributed by atoms with E-state index in [1.807, 2.05) is 75.4 Å². The summed E-state index contributed by atoms with van der Waals surface area (Å²) >= 11 is 6.24. The average Bonchev–Trinajstić information content (AvgIpc) is 2.84. The molecule has 8 heteroatoms. The van der Waals surface area contributed by atoms with E-state index in [1.165, 1.54) is 0 Å². The number of carbonyl (C=O) groups is 2. The van der Waals surface area contributed by atoms with Gasteiger partial charge < -0.3 is 25.8 Å². The van der Waals surface area contributed by atoms with E-state index in [1.54, 1.807) is 11.0 Å². The molecule has 0 spiro atoms. The quantitative estimate of drug-likeness (QED) is 0.403. The highest BCUT2D eigenvalue weighted by atomic mass is 35.5. The number of aryl methyl sites for hydroxylation is 3. The van der Waals surface area contributed by atoms with Crippen LogP contribution in [0.2, 0.25) is 5.02 Å². The summed E-state index contributed by atoms with van der Waals surface area (Å²) in [4.78, 5) is 29.2. The molecule has 0 aromatic heterocycles. The van der Waals surface area contributed by atoms with Crippen LogP contribution >= 0.6 is 11.6 Å². The van der Waals surface area contributed by atoms with Crippen molar-refractivity contribution in [2.75, 3.05) is 47.0 Å². The summed E-state index contributed by atoms with van der Waals surface area (Å²) in [6.07, 6.45) is 0. The van der Waals surface area contributed by atoms with E-state index in [0.717, 1.165) is 41.2 Å². The standard InChI is InChI=1S/C27H30ClN5O2/c1-18-7-8-19(2)24(17-18)30-26(34)29-21-9-11-22(12-10-21)32-13-15-33(16-14-32)27(35)31-25-20(3)5-4-6-23(25)28/h4-12,17H,13-16H2,1-3H3,(H,31,35)(H2,29,30,34). The van der Waals surface area contributed by atoms with Crippen LogP contribution in [0.25, 0.3) is 0 Å². The van der Waals surface area contributed by atoms with Crippen LogP contribution in [-0.2, 0) is 0 Å². The highest BCUT2D eigenvalue weighted by molar-refractivity contribution is 6.33. The fourth-order valence-corrected chi connectivity index (χ4v) is 4.32. The zero-order valence-corrected chi connectivity index (χ0v) is 20.9. The van der Waals surface area contributed by atoms with Crippen molar-refractivity contribution in [3.05, 3.63) is 82.4 Å². The molecule has 4 rings (SSSR count). The average molecular weight is 492 g/mol. The van der Waals surface area contributed by atoms with Gasteiger partial charge in [0.25, 0.3) is 0 Å². The van der Waals surface area contributed by atoms with Crippen LogP contribution in [-0.4, -0.2) is 43.1 Å². The fourth-order valence-electron chi connectivity index (χ4n) is 4.05. The first kappa shape index (κ1) is 24.4. The number of rotatable bonds is 4. The van der Waals surface area contributed by atoms with Crippen molar-refractivity contribution in [3.63, 3.8) is 0 Å². The number of hydrogen-bond acceptors (Lipinski definition) is 3. The van der Waals surface area contributed by atoms with Crippen molar-refractivity contribution in [1.82, 2.24) is 4.90 Å². The van der Waals surface area contributed by atoms with E-state index in [2.05, 4.69) is 20.9 Å². The van der Waals surface area contributed by atoms with Gasteiger partial charge in [0, 0.05) is 43.2 Å². The molecule has 0 bridgehead atoms. The number of urea groups is 2. The molecular formula is C27H30ClN5O2. The van der Waals surface area contributed by atoms with E-state index >= 15 is 0 Å². The summed E-state index contributed by atoms with van der Waals surface area (Å²) in [6, 6.07) is 18.8. The summed E-state index contributed by atoms with van der Waals surface area (Å²) < 4.78 is 0. The Morgan fingerprint density at radius 1 is 0.800 bits per heavy atom. The third-order valence-electron chi connectivity index (χ3n) is 6.15. The molecule has 0 unspecified atom stereocenters. The van der Waals surface area contributed by atoms with Crippen molar-refractivity contribution in [2.45, 2.75) is 20.8 Å². The predicted octanol–water partition coefficient (Wildman–Crippen LogP) is 6.26. The Morgan fingerprint density at radius 2 is 1.51 bits per heavy atom. The van der Waals surface area contributed by atoms with Crippen LogP contribution in [0.5, 0.6) is 0 Å². The second-order valence-electron chi connectivity index (χ2n) is 8.78. The normalized spacial score (nSPS) is 13.4. The summed E-state index contributed by atoms with van der Waals surface area (Å²) in [6.45, 7) is 8.52. The van der Waals surface area contributed by atoms with Gasteiger partial charge in [-0.1, -0.05) is 35.9 Å². The zero-order valence-electron chi connectivity index (χ0n) is 20.2. The predicted molar refractivity (Wildman–Crippen MR) is 144 cm³/mol. The number of benzene rings is 3. The molecule has 3 N–H and O–H groups in total. The third kappa shape index (κ3) is 6.05. The molecule has 1 aliphatic rings. The van der Waals surface area contributed by atoms with Crippen molar-refractivity contribution >= 4 is 46.4 Å². The van der Waals surface area contributed by atoms with Gasteiger partial charge in [0.05, 0.1) is 10.7 Å². The Bertz CT molecular complexity index is 1200. The van der Waals surface area contributed by atoms with Crippen LogP contribution in [0, 0.1) is 20.8 Å². The Hall–Kier alpha value is -3.71. The Morgan fingerprint density at radius 3 is 2.20 bits per heavy atom. The van der Waals surface area contributed by atoms with Crippen molar-refractivity contribution in [1.29, 1.82) is 0 Å². The molecule has 1 saturated heterocycles. The number of carbonyl (C=O) groups excluding carboxylic acids is 2. The minimum Gasteiger partial charge on any atom is -0.368 e. The number of nitrogens with zero attached hydrogens (tertiary/aromatic N) is 2. The van der Waals surface area contributed by atoms with Gasteiger partial charge >= 0.3 is 12.1 Å². The van der Waals surface area contributed by atoms with Crippen LogP contribution < -0.4 is 20.9 Å². The Kier molecular flexibility index (Phi) is 7.46. The van der Waals surface area contributed by atoms with Gasteiger partial charge in [-0.05, 0) is 73.9 Å². The van der Waals surface area contributed by atoms with Crippen molar-refractivity contribution in [2.24, 2.45) is 0 Å². The molecule has 1 heterocycles. The largest absolute Gasteiger partial charge is 0.368 e. The van der Waals surface area contributed by atoms with Gasteiger partial charge in [0.2, 0.25) is 0 Å². The van der Waals surface area contributed by atoms with Gasteiger partial charge in [0.15, 0.2) is 0 Å². The third-order valence-corrected chi connectivity index (χ3v) is 6.47. The lowest BCUT2D eigenvalue weighted by Crippen LogP contribution is -2.50. The van der Waals surface area contributed by atoms with Gasteiger partial charge in [0.1, 0.15) is 0 Å². The van der Waals surface area contributed by atoms with Gasteiger partial charge in [-0.15, -0.1) is 0 Å².